The monoisotopic (exact) mass is 452 g/mol. The van der Waals surface area contributed by atoms with Gasteiger partial charge in [-0.05, 0) is 44.5 Å². The van der Waals surface area contributed by atoms with E-state index < -0.39 is 34.9 Å². The molecule has 0 radical (unpaired) electrons. The van der Waals surface area contributed by atoms with Gasteiger partial charge in [-0.15, -0.1) is 0 Å². The molecule has 0 fully saturated rings. The smallest absolute Gasteiger partial charge is 0.350 e. The van der Waals surface area contributed by atoms with Crippen LogP contribution in [0.25, 0.3) is 5.57 Å². The average Bonchev–Trinajstić information content (AvgIpc) is 3.08. The first-order valence-corrected chi connectivity index (χ1v) is 9.98. The van der Waals surface area contributed by atoms with E-state index >= 15 is 0 Å². The number of hydrogen-bond acceptors (Lipinski definition) is 3. The van der Waals surface area contributed by atoms with Gasteiger partial charge in [0.05, 0.1) is 5.57 Å². The Bertz CT molecular complexity index is 1100. The van der Waals surface area contributed by atoms with Gasteiger partial charge in [-0.3, -0.25) is 14.7 Å². The van der Waals surface area contributed by atoms with E-state index in [9.17, 15) is 27.2 Å². The second-order valence-electron chi connectivity index (χ2n) is 8.77. The number of benzene rings is 1. The number of aryl methyl sites for hydroxylation is 1. The third-order valence-electron chi connectivity index (χ3n) is 5.16. The number of carbonyl (C=O) groups excluding carboxylic acids is 2. The van der Waals surface area contributed by atoms with Gasteiger partial charge in [0, 0.05) is 35.3 Å². The van der Waals surface area contributed by atoms with Crippen LogP contribution < -0.4 is 5.32 Å². The molecule has 1 aromatic carbocycles. The van der Waals surface area contributed by atoms with Crippen molar-refractivity contribution < 1.29 is 27.2 Å². The van der Waals surface area contributed by atoms with Gasteiger partial charge in [-0.1, -0.05) is 13.8 Å². The molecular weight excluding hydrogens is 428 g/mol. The van der Waals surface area contributed by atoms with E-state index in [0.29, 0.717) is 0 Å². The first-order valence-electron chi connectivity index (χ1n) is 9.98. The summed E-state index contributed by atoms with van der Waals surface area (Å²) in [7, 11) is 0. The molecule has 0 bridgehead atoms. The Morgan fingerprint density at radius 2 is 1.91 bits per heavy atom. The SMILES string of the molecule is Cc1cc(C(=O)N2C=C(C(=O)NC(C)C)c3n[nH]c(C(F)(F)F)c3C(C)(C)C2)ccc1F. The largest absolute Gasteiger partial charge is 0.433 e. The van der Waals surface area contributed by atoms with Crippen molar-refractivity contribution in [1.82, 2.24) is 20.4 Å². The second kappa shape index (κ2) is 8.07. The zero-order valence-corrected chi connectivity index (χ0v) is 18.3. The quantitative estimate of drug-likeness (QED) is 0.686. The Balaban J connectivity index is 2.18. The molecule has 2 N–H and O–H groups in total. The first kappa shape index (κ1) is 23.5. The summed E-state index contributed by atoms with van der Waals surface area (Å²) < 4.78 is 54.8. The Morgan fingerprint density at radius 3 is 2.47 bits per heavy atom. The fourth-order valence-corrected chi connectivity index (χ4v) is 3.75. The summed E-state index contributed by atoms with van der Waals surface area (Å²) in [6.07, 6.45) is -3.52. The van der Waals surface area contributed by atoms with Crippen LogP contribution in [0.1, 0.15) is 60.6 Å². The summed E-state index contributed by atoms with van der Waals surface area (Å²) in [4.78, 5) is 27.3. The number of nitrogens with zero attached hydrogens (tertiary/aromatic N) is 2. The number of nitrogens with one attached hydrogen (secondary N) is 2. The van der Waals surface area contributed by atoms with Gasteiger partial charge in [-0.2, -0.15) is 18.3 Å². The van der Waals surface area contributed by atoms with Crippen molar-refractivity contribution >= 4 is 17.4 Å². The summed E-state index contributed by atoms with van der Waals surface area (Å²) in [5.41, 5.74) is -2.40. The molecule has 1 aliphatic heterocycles. The van der Waals surface area contributed by atoms with E-state index in [1.807, 2.05) is 5.10 Å². The van der Waals surface area contributed by atoms with Gasteiger partial charge in [0.1, 0.15) is 17.2 Å². The van der Waals surface area contributed by atoms with Gasteiger partial charge in [0.2, 0.25) is 0 Å². The average molecular weight is 452 g/mol. The third kappa shape index (κ3) is 4.39. The van der Waals surface area contributed by atoms with Crippen LogP contribution in [-0.4, -0.2) is 39.5 Å². The topological polar surface area (TPSA) is 78.1 Å². The lowest BCUT2D eigenvalue weighted by molar-refractivity contribution is -0.142. The van der Waals surface area contributed by atoms with E-state index in [0.717, 1.165) is 6.07 Å². The Hall–Kier alpha value is -3.17. The lowest BCUT2D eigenvalue weighted by Gasteiger charge is -2.30. The number of H-pyrrole nitrogens is 1. The molecule has 1 aromatic heterocycles. The lowest BCUT2D eigenvalue weighted by Crippen LogP contribution is -2.38. The van der Waals surface area contributed by atoms with Crippen molar-refractivity contribution in [3.63, 3.8) is 0 Å². The fourth-order valence-electron chi connectivity index (χ4n) is 3.75. The fraction of sp³-hybridized carbons (Fsp3) is 0.409. The van der Waals surface area contributed by atoms with Gasteiger partial charge in [-0.25, -0.2) is 4.39 Å². The lowest BCUT2D eigenvalue weighted by atomic mass is 9.81. The molecule has 2 heterocycles. The molecule has 2 aromatic rings. The van der Waals surface area contributed by atoms with Crippen LogP contribution in [0, 0.1) is 12.7 Å². The second-order valence-corrected chi connectivity index (χ2v) is 8.77. The molecule has 6 nitrogen and oxygen atoms in total. The summed E-state index contributed by atoms with van der Waals surface area (Å²) in [5, 5.41) is 8.49. The highest BCUT2D eigenvalue weighted by atomic mass is 19.4. The van der Waals surface area contributed by atoms with E-state index in [1.54, 1.807) is 27.7 Å². The Kier molecular flexibility index (Phi) is 5.92. The van der Waals surface area contributed by atoms with Crippen molar-refractivity contribution in [3.8, 4) is 0 Å². The molecule has 0 atom stereocenters. The summed E-state index contributed by atoms with van der Waals surface area (Å²) in [6, 6.07) is 3.50. The maximum absolute atomic E-state index is 13.7. The number of halogens is 4. The molecule has 0 aliphatic carbocycles. The maximum Gasteiger partial charge on any atom is 0.433 e. The van der Waals surface area contributed by atoms with Crippen LogP contribution in [-0.2, 0) is 16.4 Å². The molecule has 0 spiro atoms. The molecule has 172 valence electrons. The first-order chi connectivity index (χ1) is 14.7. The van der Waals surface area contributed by atoms with E-state index in [2.05, 4.69) is 10.4 Å². The van der Waals surface area contributed by atoms with Gasteiger partial charge >= 0.3 is 6.18 Å². The van der Waals surface area contributed by atoms with E-state index in [-0.39, 0.29) is 40.5 Å². The molecule has 1 aliphatic rings. The normalized spacial score (nSPS) is 15.8. The minimum absolute atomic E-state index is 0.150. The van der Waals surface area contributed by atoms with Gasteiger partial charge in [0.25, 0.3) is 11.8 Å². The highest BCUT2D eigenvalue weighted by Gasteiger charge is 2.45. The van der Waals surface area contributed by atoms with Crippen LogP contribution in [0.2, 0.25) is 0 Å². The number of rotatable bonds is 3. The zero-order chi connectivity index (χ0) is 24.0. The number of amides is 2. The predicted molar refractivity (Wildman–Crippen MR) is 110 cm³/mol. The van der Waals surface area contributed by atoms with Gasteiger partial charge < -0.3 is 10.2 Å². The Labute approximate surface area is 182 Å². The van der Waals surface area contributed by atoms with Crippen LogP contribution >= 0.6 is 0 Å². The van der Waals surface area contributed by atoms with Crippen LogP contribution in [0.15, 0.2) is 24.4 Å². The van der Waals surface area contributed by atoms with Crippen LogP contribution in [0.4, 0.5) is 17.6 Å². The van der Waals surface area contributed by atoms with E-state index in [4.69, 9.17) is 0 Å². The minimum Gasteiger partial charge on any atom is -0.350 e. The molecule has 3 rings (SSSR count). The summed E-state index contributed by atoms with van der Waals surface area (Å²) in [5.74, 6) is -1.72. The van der Waals surface area contributed by atoms with Crippen LogP contribution in [0.5, 0.6) is 0 Å². The molecule has 0 saturated heterocycles. The highest BCUT2D eigenvalue weighted by Crippen LogP contribution is 2.42. The predicted octanol–water partition coefficient (Wildman–Crippen LogP) is 4.18. The maximum atomic E-state index is 13.7. The molecule has 0 saturated carbocycles. The van der Waals surface area contributed by atoms with Crippen LogP contribution in [0.3, 0.4) is 0 Å². The highest BCUT2D eigenvalue weighted by molar-refractivity contribution is 6.20. The summed E-state index contributed by atoms with van der Waals surface area (Å²) >= 11 is 0. The minimum atomic E-state index is -4.73. The molecular formula is C22H24F4N4O2. The number of alkyl halides is 3. The standard InChI is InChI=1S/C22H24F4N4O2/c1-11(2)27-19(31)14-9-30(20(32)13-6-7-15(23)12(3)8-13)10-21(4,5)16-17(14)28-29-18(16)22(24,25)26/h6-9,11H,10H2,1-5H3,(H,27,31)(H,28,29). The molecule has 32 heavy (non-hydrogen) atoms. The van der Waals surface area contributed by atoms with Crippen molar-refractivity contribution in [3.05, 3.63) is 58.3 Å². The number of carbonyl (C=O) groups is 2. The number of hydrogen-bond donors (Lipinski definition) is 2. The van der Waals surface area contributed by atoms with Crippen molar-refractivity contribution in [2.45, 2.75) is 52.3 Å². The number of aromatic amines is 1. The number of aromatic nitrogens is 2. The summed E-state index contributed by atoms with van der Waals surface area (Å²) in [6.45, 7) is 7.84. The zero-order valence-electron chi connectivity index (χ0n) is 18.3. The van der Waals surface area contributed by atoms with Gasteiger partial charge in [0.15, 0.2) is 0 Å². The van der Waals surface area contributed by atoms with Crippen molar-refractivity contribution in [2.75, 3.05) is 6.54 Å². The Morgan fingerprint density at radius 1 is 1.25 bits per heavy atom. The molecule has 10 heteroatoms. The van der Waals surface area contributed by atoms with Crippen molar-refractivity contribution in [2.24, 2.45) is 0 Å². The van der Waals surface area contributed by atoms with Crippen molar-refractivity contribution in [1.29, 1.82) is 0 Å². The number of fused-ring (bicyclic) bond motifs is 1. The van der Waals surface area contributed by atoms with E-state index in [1.165, 1.54) is 30.2 Å². The molecule has 2 amide bonds. The molecule has 0 unspecified atom stereocenters. The third-order valence-corrected chi connectivity index (χ3v) is 5.16.